The van der Waals surface area contributed by atoms with Crippen LogP contribution in [-0.2, 0) is 13.2 Å². The number of nitrogens with one attached hydrogen (secondary N) is 1. The highest BCUT2D eigenvalue weighted by atomic mass is 35.5. The van der Waals surface area contributed by atoms with Crippen molar-refractivity contribution in [2.75, 3.05) is 12.4 Å². The molecular formula is C21H19Cl2NO3. The maximum Gasteiger partial charge on any atom is 0.161 e. The van der Waals surface area contributed by atoms with Crippen LogP contribution in [0.15, 0.2) is 60.7 Å². The Kier molecular flexibility index (Phi) is 6.32. The van der Waals surface area contributed by atoms with Crippen molar-refractivity contribution in [2.24, 2.45) is 0 Å². The van der Waals surface area contributed by atoms with Gasteiger partial charge in [0.1, 0.15) is 6.61 Å². The topological polar surface area (TPSA) is 50.7 Å². The fourth-order valence-electron chi connectivity index (χ4n) is 2.55. The summed E-state index contributed by atoms with van der Waals surface area (Å²) in [5.74, 6) is 1.22. The molecule has 0 saturated carbocycles. The molecule has 0 unspecified atom stereocenters. The Labute approximate surface area is 168 Å². The molecule has 3 aromatic carbocycles. The largest absolute Gasteiger partial charge is 0.505 e. The Hall–Kier alpha value is -2.56. The van der Waals surface area contributed by atoms with Gasteiger partial charge in [-0.05, 0) is 35.4 Å². The summed E-state index contributed by atoms with van der Waals surface area (Å²) in [4.78, 5) is 0. The van der Waals surface area contributed by atoms with E-state index < -0.39 is 0 Å². The van der Waals surface area contributed by atoms with Crippen LogP contribution in [0.1, 0.15) is 11.1 Å². The minimum Gasteiger partial charge on any atom is -0.505 e. The Morgan fingerprint density at radius 1 is 0.889 bits per heavy atom. The molecule has 0 aliphatic rings. The molecular weight excluding hydrogens is 385 g/mol. The lowest BCUT2D eigenvalue weighted by Crippen LogP contribution is -2.02. The summed E-state index contributed by atoms with van der Waals surface area (Å²) >= 11 is 11.9. The molecule has 27 heavy (non-hydrogen) atoms. The number of hydrogen-bond donors (Lipinski definition) is 2. The smallest absolute Gasteiger partial charge is 0.161 e. The second-order valence-corrected chi connectivity index (χ2v) is 6.72. The van der Waals surface area contributed by atoms with Crippen LogP contribution in [-0.4, -0.2) is 12.2 Å². The van der Waals surface area contributed by atoms with E-state index in [0.29, 0.717) is 30.3 Å². The van der Waals surface area contributed by atoms with Crippen LogP contribution in [0.4, 0.5) is 5.69 Å². The van der Waals surface area contributed by atoms with E-state index in [4.69, 9.17) is 32.7 Å². The van der Waals surface area contributed by atoms with Crippen molar-refractivity contribution in [3.63, 3.8) is 0 Å². The van der Waals surface area contributed by atoms with Crippen LogP contribution in [0.25, 0.3) is 0 Å². The van der Waals surface area contributed by atoms with Gasteiger partial charge >= 0.3 is 0 Å². The molecule has 0 heterocycles. The Morgan fingerprint density at radius 3 is 2.26 bits per heavy atom. The number of benzene rings is 3. The monoisotopic (exact) mass is 403 g/mol. The number of methoxy groups -OCH3 is 1. The van der Waals surface area contributed by atoms with Gasteiger partial charge in [0.25, 0.3) is 0 Å². The quantitative estimate of drug-likeness (QED) is 0.482. The Bertz CT molecular complexity index is 894. The van der Waals surface area contributed by atoms with Crippen LogP contribution < -0.4 is 14.8 Å². The van der Waals surface area contributed by atoms with Gasteiger partial charge in [-0.15, -0.1) is 0 Å². The first kappa shape index (κ1) is 19.2. The molecule has 4 nitrogen and oxygen atoms in total. The summed E-state index contributed by atoms with van der Waals surface area (Å²) in [6.45, 7) is 1.01. The third-order valence-corrected chi connectivity index (χ3v) is 4.55. The fourth-order valence-corrected chi connectivity index (χ4v) is 3.04. The number of phenolic OH excluding ortho intramolecular Hbond substituents is 1. The number of ether oxygens (including phenoxy) is 2. The lowest BCUT2D eigenvalue weighted by Gasteiger charge is -2.13. The number of phenols is 1. The van der Waals surface area contributed by atoms with Gasteiger partial charge in [-0.3, -0.25) is 0 Å². The molecule has 0 amide bonds. The molecule has 0 saturated heterocycles. The summed E-state index contributed by atoms with van der Waals surface area (Å²) in [5.41, 5.74) is 2.80. The number of halogens is 2. The maximum absolute atomic E-state index is 9.63. The van der Waals surface area contributed by atoms with Crippen molar-refractivity contribution in [2.45, 2.75) is 13.2 Å². The number of aromatic hydroxyl groups is 1. The van der Waals surface area contributed by atoms with E-state index in [0.717, 1.165) is 11.1 Å². The first-order valence-electron chi connectivity index (χ1n) is 8.32. The predicted octanol–water partition coefficient (Wildman–Crippen LogP) is 5.90. The van der Waals surface area contributed by atoms with Crippen molar-refractivity contribution < 1.29 is 14.6 Å². The van der Waals surface area contributed by atoms with E-state index in [1.807, 2.05) is 48.5 Å². The zero-order valence-corrected chi connectivity index (χ0v) is 16.2. The van der Waals surface area contributed by atoms with Gasteiger partial charge in [0.15, 0.2) is 17.2 Å². The van der Waals surface area contributed by atoms with E-state index in [-0.39, 0.29) is 15.8 Å². The standard InChI is InChI=1S/C21H19Cl2NO3/c1-26-20-9-15(12-24-16-10-17(22)21(25)18(23)11-16)7-8-19(20)27-13-14-5-3-2-4-6-14/h2-11,24-25H,12-13H2,1H3. The van der Waals surface area contributed by atoms with Gasteiger partial charge in [-0.25, -0.2) is 0 Å². The zero-order valence-electron chi connectivity index (χ0n) is 14.7. The highest BCUT2D eigenvalue weighted by Crippen LogP contribution is 2.35. The third-order valence-electron chi connectivity index (χ3n) is 3.98. The molecule has 140 valence electrons. The molecule has 3 rings (SSSR count). The van der Waals surface area contributed by atoms with Crippen molar-refractivity contribution in [1.29, 1.82) is 0 Å². The van der Waals surface area contributed by atoms with Crippen molar-refractivity contribution in [3.05, 3.63) is 81.8 Å². The van der Waals surface area contributed by atoms with Crippen LogP contribution in [0.2, 0.25) is 10.0 Å². The van der Waals surface area contributed by atoms with Gasteiger partial charge in [-0.1, -0.05) is 59.6 Å². The van der Waals surface area contributed by atoms with E-state index in [1.54, 1.807) is 19.2 Å². The van der Waals surface area contributed by atoms with Gasteiger partial charge < -0.3 is 19.9 Å². The maximum atomic E-state index is 9.63. The van der Waals surface area contributed by atoms with Crippen LogP contribution in [0, 0.1) is 0 Å². The van der Waals surface area contributed by atoms with Crippen LogP contribution in [0.3, 0.4) is 0 Å². The molecule has 6 heteroatoms. The summed E-state index contributed by atoms with van der Waals surface area (Å²) in [6.07, 6.45) is 0. The SMILES string of the molecule is COc1cc(CNc2cc(Cl)c(O)c(Cl)c2)ccc1OCc1ccccc1. The molecule has 0 aliphatic carbocycles. The summed E-state index contributed by atoms with van der Waals surface area (Å²) in [7, 11) is 1.61. The summed E-state index contributed by atoms with van der Waals surface area (Å²) in [6, 6.07) is 19.0. The Morgan fingerprint density at radius 2 is 1.59 bits per heavy atom. The lowest BCUT2D eigenvalue weighted by atomic mass is 10.2. The molecule has 0 atom stereocenters. The van der Waals surface area contributed by atoms with E-state index in [1.165, 1.54) is 0 Å². The minimum absolute atomic E-state index is 0.120. The second-order valence-electron chi connectivity index (χ2n) is 5.90. The predicted molar refractivity (Wildman–Crippen MR) is 109 cm³/mol. The first-order valence-corrected chi connectivity index (χ1v) is 9.08. The average Bonchev–Trinajstić information content (AvgIpc) is 2.69. The minimum atomic E-state index is -0.120. The van der Waals surface area contributed by atoms with Crippen LogP contribution >= 0.6 is 23.2 Å². The molecule has 0 aromatic heterocycles. The molecule has 0 spiro atoms. The highest BCUT2D eigenvalue weighted by molar-refractivity contribution is 6.37. The summed E-state index contributed by atoms with van der Waals surface area (Å²) < 4.78 is 11.3. The van der Waals surface area contributed by atoms with E-state index in [2.05, 4.69) is 5.32 Å². The summed E-state index contributed by atoms with van der Waals surface area (Å²) in [5, 5.41) is 13.2. The zero-order chi connectivity index (χ0) is 19.2. The van der Waals surface area contributed by atoms with Crippen molar-refractivity contribution in [3.8, 4) is 17.2 Å². The Balaban J connectivity index is 1.67. The van der Waals surface area contributed by atoms with E-state index in [9.17, 15) is 5.11 Å². The van der Waals surface area contributed by atoms with E-state index >= 15 is 0 Å². The number of rotatable bonds is 7. The lowest BCUT2D eigenvalue weighted by molar-refractivity contribution is 0.284. The first-order chi connectivity index (χ1) is 13.1. The molecule has 0 radical (unpaired) electrons. The van der Waals surface area contributed by atoms with Crippen molar-refractivity contribution >= 4 is 28.9 Å². The highest BCUT2D eigenvalue weighted by Gasteiger charge is 2.09. The number of hydrogen-bond acceptors (Lipinski definition) is 4. The number of anilines is 1. The fraction of sp³-hybridized carbons (Fsp3) is 0.143. The third kappa shape index (κ3) is 5.00. The molecule has 2 N–H and O–H groups in total. The van der Waals surface area contributed by atoms with Gasteiger partial charge in [0.2, 0.25) is 0 Å². The normalized spacial score (nSPS) is 10.5. The van der Waals surface area contributed by atoms with Gasteiger partial charge in [0.05, 0.1) is 17.2 Å². The van der Waals surface area contributed by atoms with Gasteiger partial charge in [0, 0.05) is 12.2 Å². The molecule has 0 aliphatic heterocycles. The molecule has 0 bridgehead atoms. The molecule has 3 aromatic rings. The second kappa shape index (κ2) is 8.89. The average molecular weight is 404 g/mol. The van der Waals surface area contributed by atoms with Gasteiger partial charge in [-0.2, -0.15) is 0 Å². The van der Waals surface area contributed by atoms with Crippen LogP contribution in [0.5, 0.6) is 17.2 Å². The van der Waals surface area contributed by atoms with Crippen molar-refractivity contribution in [1.82, 2.24) is 0 Å². The molecule has 0 fully saturated rings.